The van der Waals surface area contributed by atoms with E-state index in [1.807, 2.05) is 55.5 Å². The number of unbranched alkanes of at least 4 members (excludes halogenated alkanes) is 3. The molecule has 0 saturated carbocycles. The summed E-state index contributed by atoms with van der Waals surface area (Å²) in [5.41, 5.74) is -0.599. The lowest BCUT2D eigenvalue weighted by atomic mass is 9.74. The van der Waals surface area contributed by atoms with E-state index in [1.165, 1.54) is 0 Å². The van der Waals surface area contributed by atoms with Gasteiger partial charge in [-0.3, -0.25) is 19.2 Å². The maximum Gasteiger partial charge on any atom is 0.313 e. The zero-order valence-electron chi connectivity index (χ0n) is 27.0. The van der Waals surface area contributed by atoms with Gasteiger partial charge >= 0.3 is 5.97 Å². The van der Waals surface area contributed by atoms with E-state index in [1.54, 1.807) is 21.7 Å². The fourth-order valence-electron chi connectivity index (χ4n) is 7.31. The second-order valence-corrected chi connectivity index (χ2v) is 13.7. The Bertz CT molecular complexity index is 1350. The average molecular weight is 701 g/mol. The third kappa shape index (κ3) is 6.42. The third-order valence-electron chi connectivity index (χ3n) is 9.91. The maximum absolute atomic E-state index is 14.6. The van der Waals surface area contributed by atoms with Gasteiger partial charge in [0.25, 0.3) is 0 Å². The van der Waals surface area contributed by atoms with Gasteiger partial charge in [0.15, 0.2) is 0 Å². The number of fused-ring (bicyclic) bond motifs is 2. The standard InChI is InChI=1S/C35H46BrN3O7/c1-4-5-18-38-19-12-7-11-17-26(41)37(3)23(2)29(24-15-9-6-10-16-24)45-34(44)27-28-32(42)39(20-13-8-14-21-40)31(33(38)43)35(28)22-25(36)30(27)46-35/h6-7,9-10,12,15-16,22-23,27-31,40H,4-5,8,11,13-14,17-21H2,1-3H3/b12-7-/t23-,27+,28-,29+,30+,31+,35-/m1/s1. The number of likely N-dealkylation sites (N-methyl/N-ethyl adjacent to an activating group) is 1. The number of allylic oxidation sites excluding steroid dienone is 1. The summed E-state index contributed by atoms with van der Waals surface area (Å²) in [4.78, 5) is 61.6. The van der Waals surface area contributed by atoms with Crippen LogP contribution in [0, 0.1) is 11.8 Å². The molecule has 46 heavy (non-hydrogen) atoms. The maximum atomic E-state index is 14.6. The molecular formula is C35H46BrN3O7. The number of aliphatic hydroxyl groups excluding tert-OH is 1. The van der Waals surface area contributed by atoms with Crippen molar-refractivity contribution in [2.75, 3.05) is 33.3 Å². The van der Waals surface area contributed by atoms with Crippen molar-refractivity contribution in [3.8, 4) is 0 Å². The SMILES string of the molecule is CCCCN1C/C=C\CCC(=O)N(C)[C@H](C)[C@@H](c2ccccc2)OC(=O)[C@@H]2[C@H]3O[C@@]4(C=C3Br)[C@H](C1=O)N(CCCCCO)C(=O)[C@@H]24. The highest BCUT2D eigenvalue weighted by Crippen LogP contribution is 2.59. The quantitative estimate of drug-likeness (QED) is 0.234. The van der Waals surface area contributed by atoms with Gasteiger partial charge in [0.05, 0.1) is 12.0 Å². The van der Waals surface area contributed by atoms with Crippen LogP contribution in [-0.4, -0.2) is 101 Å². The van der Waals surface area contributed by atoms with Crippen molar-refractivity contribution < 1.29 is 33.8 Å². The summed E-state index contributed by atoms with van der Waals surface area (Å²) >= 11 is 3.62. The first kappa shape index (κ1) is 34.3. The van der Waals surface area contributed by atoms with Gasteiger partial charge < -0.3 is 29.3 Å². The first-order chi connectivity index (χ1) is 22.2. The number of esters is 1. The molecule has 0 aromatic heterocycles. The van der Waals surface area contributed by atoms with Gasteiger partial charge in [-0.1, -0.05) is 71.8 Å². The fraction of sp³-hybridized carbons (Fsp3) is 0.600. The molecule has 1 spiro atoms. The second-order valence-electron chi connectivity index (χ2n) is 12.8. The number of aliphatic hydroxyl groups is 1. The minimum atomic E-state index is -1.33. The predicted molar refractivity (Wildman–Crippen MR) is 175 cm³/mol. The van der Waals surface area contributed by atoms with Crippen LogP contribution >= 0.6 is 15.9 Å². The highest BCUT2D eigenvalue weighted by atomic mass is 79.9. The zero-order valence-corrected chi connectivity index (χ0v) is 28.6. The number of likely N-dealkylation sites (tertiary alicyclic amines) is 1. The number of carbonyl (C=O) groups excluding carboxylic acids is 4. The third-order valence-corrected chi connectivity index (χ3v) is 10.6. The van der Waals surface area contributed by atoms with E-state index in [0.717, 1.165) is 18.4 Å². The summed E-state index contributed by atoms with van der Waals surface area (Å²) in [5.74, 6) is -3.13. The van der Waals surface area contributed by atoms with Crippen LogP contribution < -0.4 is 0 Å². The second kappa shape index (κ2) is 14.8. The summed E-state index contributed by atoms with van der Waals surface area (Å²) in [7, 11) is 1.72. The molecule has 1 N–H and O–H groups in total. The van der Waals surface area contributed by atoms with Crippen LogP contribution in [0.15, 0.2) is 53.0 Å². The van der Waals surface area contributed by atoms with Crippen LogP contribution in [0.3, 0.4) is 0 Å². The van der Waals surface area contributed by atoms with Crippen LogP contribution in [0.2, 0.25) is 0 Å². The van der Waals surface area contributed by atoms with Crippen LogP contribution in [0.1, 0.15) is 70.5 Å². The highest BCUT2D eigenvalue weighted by molar-refractivity contribution is 9.11. The van der Waals surface area contributed by atoms with E-state index in [9.17, 15) is 24.3 Å². The molecule has 4 aliphatic rings. The molecule has 2 fully saturated rings. The lowest BCUT2D eigenvalue weighted by Gasteiger charge is -2.36. The summed E-state index contributed by atoms with van der Waals surface area (Å²) in [6.07, 6.45) is 8.43. The zero-order chi connectivity index (χ0) is 33.0. The van der Waals surface area contributed by atoms with Gasteiger partial charge in [-0.2, -0.15) is 0 Å². The molecule has 4 heterocycles. The van der Waals surface area contributed by atoms with Crippen molar-refractivity contribution in [2.45, 2.75) is 88.7 Å². The first-order valence-electron chi connectivity index (χ1n) is 16.6. The highest BCUT2D eigenvalue weighted by Gasteiger charge is 2.74. The first-order valence-corrected chi connectivity index (χ1v) is 17.4. The lowest BCUT2D eigenvalue weighted by molar-refractivity contribution is -0.164. The number of amides is 3. The van der Waals surface area contributed by atoms with Crippen LogP contribution in [-0.2, 0) is 28.7 Å². The number of carbonyl (C=O) groups is 4. The van der Waals surface area contributed by atoms with E-state index < -0.39 is 47.7 Å². The molecule has 1 aromatic carbocycles. The summed E-state index contributed by atoms with van der Waals surface area (Å²) in [5, 5.41) is 9.34. The Morgan fingerprint density at radius 3 is 2.46 bits per heavy atom. The topological polar surface area (TPSA) is 117 Å². The van der Waals surface area contributed by atoms with Gasteiger partial charge in [0.1, 0.15) is 29.8 Å². The molecule has 0 radical (unpaired) electrons. The molecule has 10 nitrogen and oxygen atoms in total. The molecule has 1 aromatic rings. The minimum Gasteiger partial charge on any atom is -0.455 e. The number of nitrogens with zero attached hydrogens (tertiary/aromatic N) is 3. The number of hydrogen-bond donors (Lipinski definition) is 1. The van der Waals surface area contributed by atoms with E-state index in [0.29, 0.717) is 49.8 Å². The molecule has 4 aliphatic heterocycles. The molecule has 3 amide bonds. The van der Waals surface area contributed by atoms with Crippen LogP contribution in [0.5, 0.6) is 0 Å². The number of halogens is 1. The van der Waals surface area contributed by atoms with E-state index in [-0.39, 0.29) is 30.7 Å². The van der Waals surface area contributed by atoms with Crippen LogP contribution in [0.4, 0.5) is 0 Å². The van der Waals surface area contributed by atoms with Crippen molar-refractivity contribution >= 4 is 39.6 Å². The van der Waals surface area contributed by atoms with E-state index in [2.05, 4.69) is 22.9 Å². The predicted octanol–water partition coefficient (Wildman–Crippen LogP) is 4.13. The number of benzene rings is 1. The number of cyclic esters (lactones) is 1. The number of ether oxygens (including phenoxy) is 2. The van der Waals surface area contributed by atoms with Gasteiger partial charge in [-0.15, -0.1) is 0 Å². The van der Waals surface area contributed by atoms with Crippen molar-refractivity contribution in [3.05, 3.63) is 58.6 Å². The van der Waals surface area contributed by atoms with Gasteiger partial charge in [0, 0.05) is 44.2 Å². The minimum absolute atomic E-state index is 0.0518. The normalized spacial score (nSPS) is 32.5. The smallest absolute Gasteiger partial charge is 0.313 e. The van der Waals surface area contributed by atoms with Crippen molar-refractivity contribution in [1.29, 1.82) is 0 Å². The molecule has 11 heteroatoms. The van der Waals surface area contributed by atoms with Crippen molar-refractivity contribution in [2.24, 2.45) is 11.8 Å². The van der Waals surface area contributed by atoms with Crippen molar-refractivity contribution in [1.82, 2.24) is 14.7 Å². The molecule has 2 saturated heterocycles. The largest absolute Gasteiger partial charge is 0.455 e. The monoisotopic (exact) mass is 699 g/mol. The number of hydrogen-bond acceptors (Lipinski definition) is 7. The molecular weight excluding hydrogens is 654 g/mol. The number of rotatable bonds is 9. The van der Waals surface area contributed by atoms with Gasteiger partial charge in [0.2, 0.25) is 17.7 Å². The van der Waals surface area contributed by atoms with Gasteiger partial charge in [-0.05, 0) is 50.7 Å². The Balaban J connectivity index is 1.59. The Kier molecular flexibility index (Phi) is 11.1. The Morgan fingerprint density at radius 1 is 0.978 bits per heavy atom. The lowest BCUT2D eigenvalue weighted by Crippen LogP contribution is -2.56. The Labute approximate surface area is 279 Å². The van der Waals surface area contributed by atoms with E-state index in [4.69, 9.17) is 9.47 Å². The molecule has 0 unspecified atom stereocenters. The van der Waals surface area contributed by atoms with Crippen molar-refractivity contribution in [3.63, 3.8) is 0 Å². The Morgan fingerprint density at radius 2 is 1.74 bits per heavy atom. The van der Waals surface area contributed by atoms with E-state index >= 15 is 0 Å². The molecule has 0 aliphatic carbocycles. The molecule has 5 rings (SSSR count). The van der Waals surface area contributed by atoms with Gasteiger partial charge in [-0.25, -0.2) is 0 Å². The molecule has 5 bridgehead atoms. The summed E-state index contributed by atoms with van der Waals surface area (Å²) < 4.78 is 13.5. The molecule has 250 valence electrons. The Hall–Kier alpha value is -3.02. The fourth-order valence-corrected chi connectivity index (χ4v) is 8.05. The molecule has 7 atom stereocenters. The summed E-state index contributed by atoms with van der Waals surface area (Å²) in [6.45, 7) is 5.11. The van der Waals surface area contributed by atoms with Crippen LogP contribution in [0.25, 0.3) is 0 Å². The summed E-state index contributed by atoms with van der Waals surface area (Å²) in [6, 6.07) is 7.87. The average Bonchev–Trinajstić information content (AvgIpc) is 3.65.